The number of aromatic nitrogens is 4. The Hall–Kier alpha value is -4.44. The Morgan fingerprint density at radius 2 is 1.00 bits per heavy atom. The van der Waals surface area contributed by atoms with Crippen molar-refractivity contribution in [3.05, 3.63) is 145 Å². The zero-order valence-electron chi connectivity index (χ0n) is 29.3. The van der Waals surface area contributed by atoms with E-state index in [1.807, 2.05) is 162 Å². The number of fused-ring (bicyclic) bond motifs is 2. The smallest absolute Gasteiger partial charge is 0.0450 e. The SMILES string of the molecule is CC.CC.CC.CC.Cc1cc2ccccc2cn1.Cc1ccccn1.Cc1cccnc1.Cc1nccc2ccccc12. The minimum absolute atomic E-state index is 1.07. The summed E-state index contributed by atoms with van der Waals surface area (Å²) in [5.41, 5.74) is 4.46. The standard InChI is InChI=1S/2C10H9N.2C6H7N.4C2H6/c1-8-6-9-4-2-3-5-10(9)7-11-8;1-8-10-5-3-2-4-9(10)6-7-11-8;1-6-3-2-4-7-5-6;1-6-4-2-3-5-7-6;4*1-2/h2*2-7H,1H3;2*2-5H,1H3;4*1-2H3. The second-order valence-electron chi connectivity index (χ2n) is 8.29. The van der Waals surface area contributed by atoms with Gasteiger partial charge < -0.3 is 0 Å². The molecule has 4 nitrogen and oxygen atoms in total. The Kier molecular flexibility index (Phi) is 27.2. The normalized spacial score (nSPS) is 8.45. The Balaban J connectivity index is 0. The van der Waals surface area contributed by atoms with Gasteiger partial charge in [-0.15, -0.1) is 0 Å². The van der Waals surface area contributed by atoms with Crippen molar-refractivity contribution in [2.45, 2.75) is 83.1 Å². The molecule has 0 bridgehead atoms. The second-order valence-corrected chi connectivity index (χ2v) is 8.29. The Morgan fingerprint density at radius 3 is 1.48 bits per heavy atom. The van der Waals surface area contributed by atoms with Gasteiger partial charge in [-0.2, -0.15) is 0 Å². The molecule has 4 heteroatoms. The summed E-state index contributed by atoms with van der Waals surface area (Å²) < 4.78 is 0. The van der Waals surface area contributed by atoms with E-state index in [1.165, 1.54) is 27.1 Å². The Morgan fingerprint density at radius 1 is 0.409 bits per heavy atom. The highest BCUT2D eigenvalue weighted by Gasteiger charge is 1.93. The molecule has 44 heavy (non-hydrogen) atoms. The third-order valence-electron chi connectivity index (χ3n) is 5.26. The van der Waals surface area contributed by atoms with Crippen LogP contribution in [0.3, 0.4) is 0 Å². The molecule has 0 aliphatic rings. The maximum absolute atomic E-state index is 4.21. The number of pyridine rings is 4. The summed E-state index contributed by atoms with van der Waals surface area (Å²) in [7, 11) is 0. The van der Waals surface area contributed by atoms with Crippen LogP contribution < -0.4 is 0 Å². The molecule has 0 fully saturated rings. The number of hydrogen-bond acceptors (Lipinski definition) is 4. The van der Waals surface area contributed by atoms with Crippen LogP contribution >= 0.6 is 0 Å². The zero-order valence-corrected chi connectivity index (χ0v) is 29.3. The Labute approximate surface area is 268 Å². The molecule has 0 saturated heterocycles. The third-order valence-corrected chi connectivity index (χ3v) is 5.26. The molecular formula is C40H56N4. The van der Waals surface area contributed by atoms with E-state index in [1.54, 1.807) is 12.4 Å². The number of benzene rings is 2. The molecule has 0 saturated carbocycles. The van der Waals surface area contributed by atoms with Gasteiger partial charge in [-0.05, 0) is 74.4 Å². The molecule has 236 valence electrons. The van der Waals surface area contributed by atoms with Gasteiger partial charge in [0, 0.05) is 58.8 Å². The van der Waals surface area contributed by atoms with Crippen molar-refractivity contribution < 1.29 is 0 Å². The van der Waals surface area contributed by atoms with Gasteiger partial charge in [-0.3, -0.25) is 19.9 Å². The maximum Gasteiger partial charge on any atom is 0.0450 e. The highest BCUT2D eigenvalue weighted by atomic mass is 14.7. The van der Waals surface area contributed by atoms with Crippen molar-refractivity contribution in [3.8, 4) is 0 Å². The van der Waals surface area contributed by atoms with Gasteiger partial charge in [0.1, 0.15) is 0 Å². The number of hydrogen-bond donors (Lipinski definition) is 0. The minimum atomic E-state index is 1.07. The summed E-state index contributed by atoms with van der Waals surface area (Å²) >= 11 is 0. The third kappa shape index (κ3) is 18.2. The maximum atomic E-state index is 4.21. The average molecular weight is 593 g/mol. The highest BCUT2D eigenvalue weighted by molar-refractivity contribution is 5.84. The van der Waals surface area contributed by atoms with Crippen LogP contribution in [0.15, 0.2) is 122 Å². The fourth-order valence-corrected chi connectivity index (χ4v) is 3.36. The Bertz CT molecular complexity index is 1420. The average Bonchev–Trinajstić information content (AvgIpc) is 3.10. The summed E-state index contributed by atoms with van der Waals surface area (Å²) in [5, 5.41) is 4.98. The van der Waals surface area contributed by atoms with Gasteiger partial charge >= 0.3 is 0 Å². The molecular weight excluding hydrogens is 536 g/mol. The van der Waals surface area contributed by atoms with Crippen molar-refractivity contribution in [3.63, 3.8) is 0 Å². The number of aryl methyl sites for hydroxylation is 4. The van der Waals surface area contributed by atoms with E-state index < -0.39 is 0 Å². The van der Waals surface area contributed by atoms with Crippen LogP contribution in [-0.2, 0) is 0 Å². The van der Waals surface area contributed by atoms with Crippen LogP contribution in [0.5, 0.6) is 0 Å². The topological polar surface area (TPSA) is 51.6 Å². The fraction of sp³-hybridized carbons (Fsp3) is 0.300. The first kappa shape index (κ1) is 41.7. The van der Waals surface area contributed by atoms with E-state index in [2.05, 4.69) is 50.3 Å². The molecule has 0 spiro atoms. The van der Waals surface area contributed by atoms with Crippen LogP contribution in [0.25, 0.3) is 21.5 Å². The molecule has 4 heterocycles. The summed E-state index contributed by atoms with van der Waals surface area (Å²) in [4.78, 5) is 16.3. The molecule has 6 rings (SSSR count). The lowest BCUT2D eigenvalue weighted by molar-refractivity contribution is 1.20. The lowest BCUT2D eigenvalue weighted by atomic mass is 10.1. The van der Waals surface area contributed by atoms with Crippen LogP contribution in [0.1, 0.15) is 78.0 Å². The first-order valence-corrected chi connectivity index (χ1v) is 15.9. The van der Waals surface area contributed by atoms with E-state index in [4.69, 9.17) is 0 Å². The first-order valence-electron chi connectivity index (χ1n) is 15.9. The predicted octanol–water partition coefficient (Wildman–Crippen LogP) is 12.0. The van der Waals surface area contributed by atoms with Crippen molar-refractivity contribution in [1.29, 1.82) is 0 Å². The summed E-state index contributed by atoms with van der Waals surface area (Å²) in [5.74, 6) is 0. The van der Waals surface area contributed by atoms with Crippen LogP contribution in [0.4, 0.5) is 0 Å². The molecule has 0 unspecified atom stereocenters. The molecule has 0 amide bonds. The number of rotatable bonds is 0. The van der Waals surface area contributed by atoms with Gasteiger partial charge in [0.25, 0.3) is 0 Å². The molecule has 0 aliphatic carbocycles. The minimum Gasteiger partial charge on any atom is -0.264 e. The van der Waals surface area contributed by atoms with Gasteiger partial charge in [0.05, 0.1) is 0 Å². The van der Waals surface area contributed by atoms with Gasteiger partial charge in [-0.1, -0.05) is 116 Å². The van der Waals surface area contributed by atoms with Crippen LogP contribution in [-0.4, -0.2) is 19.9 Å². The van der Waals surface area contributed by atoms with Crippen LogP contribution in [0, 0.1) is 27.7 Å². The van der Waals surface area contributed by atoms with E-state index in [0.29, 0.717) is 0 Å². The van der Waals surface area contributed by atoms with E-state index >= 15 is 0 Å². The molecule has 2 aromatic carbocycles. The van der Waals surface area contributed by atoms with Gasteiger partial charge in [0.15, 0.2) is 0 Å². The van der Waals surface area contributed by atoms with Crippen molar-refractivity contribution in [2.75, 3.05) is 0 Å². The molecule has 0 N–H and O–H groups in total. The summed E-state index contributed by atoms with van der Waals surface area (Å²) in [6, 6.07) is 30.4. The second kappa shape index (κ2) is 28.7. The van der Waals surface area contributed by atoms with E-state index in [9.17, 15) is 0 Å². The lowest BCUT2D eigenvalue weighted by Gasteiger charge is -1.97. The van der Waals surface area contributed by atoms with Gasteiger partial charge in [-0.25, -0.2) is 0 Å². The van der Waals surface area contributed by atoms with E-state index in [-0.39, 0.29) is 0 Å². The lowest BCUT2D eigenvalue weighted by Crippen LogP contribution is -1.80. The van der Waals surface area contributed by atoms with Gasteiger partial charge in [0.2, 0.25) is 0 Å². The van der Waals surface area contributed by atoms with E-state index in [0.717, 1.165) is 17.1 Å². The van der Waals surface area contributed by atoms with Crippen molar-refractivity contribution in [1.82, 2.24) is 19.9 Å². The molecule has 0 radical (unpaired) electrons. The summed E-state index contributed by atoms with van der Waals surface area (Å²) in [6.07, 6.45) is 9.14. The van der Waals surface area contributed by atoms with Crippen LogP contribution in [0.2, 0.25) is 0 Å². The summed E-state index contributed by atoms with van der Waals surface area (Å²) in [6.45, 7) is 24.0. The molecule has 0 aliphatic heterocycles. The zero-order chi connectivity index (χ0) is 33.6. The first-order chi connectivity index (χ1) is 21.5. The van der Waals surface area contributed by atoms with Crippen molar-refractivity contribution >= 4 is 21.5 Å². The quantitative estimate of drug-likeness (QED) is 0.176. The highest BCUT2D eigenvalue weighted by Crippen LogP contribution is 2.14. The predicted molar refractivity (Wildman–Crippen MR) is 196 cm³/mol. The monoisotopic (exact) mass is 592 g/mol. The molecule has 0 atom stereocenters. The van der Waals surface area contributed by atoms with Crippen molar-refractivity contribution in [2.24, 2.45) is 0 Å². The largest absolute Gasteiger partial charge is 0.264 e. The molecule has 4 aromatic heterocycles. The number of nitrogens with zero attached hydrogens (tertiary/aromatic N) is 4. The fourth-order valence-electron chi connectivity index (χ4n) is 3.36. The molecule has 6 aromatic rings.